The second-order valence-electron chi connectivity index (χ2n) is 6.97. The molecule has 10 heteroatoms. The smallest absolute Gasteiger partial charge is 0.279 e. The van der Waals surface area contributed by atoms with Crippen molar-refractivity contribution in [2.24, 2.45) is 5.92 Å². The topological polar surface area (TPSA) is 118 Å². The fourth-order valence-corrected chi connectivity index (χ4v) is 5.13. The van der Waals surface area contributed by atoms with E-state index < -0.39 is 10.2 Å². The van der Waals surface area contributed by atoms with Gasteiger partial charge in [-0.25, -0.2) is 9.97 Å². The molecule has 1 aliphatic carbocycles. The molecule has 0 amide bonds. The Morgan fingerprint density at radius 1 is 1.42 bits per heavy atom. The van der Waals surface area contributed by atoms with E-state index in [4.69, 9.17) is 5.26 Å². The summed E-state index contributed by atoms with van der Waals surface area (Å²) in [5.74, 6) is 0.646. The highest BCUT2D eigenvalue weighted by molar-refractivity contribution is 7.87. The van der Waals surface area contributed by atoms with Crippen LogP contribution in [0, 0.1) is 17.2 Å². The van der Waals surface area contributed by atoms with Gasteiger partial charge in [-0.15, -0.1) is 0 Å². The van der Waals surface area contributed by atoms with Crippen LogP contribution >= 0.6 is 0 Å². The van der Waals surface area contributed by atoms with E-state index in [1.54, 1.807) is 0 Å². The van der Waals surface area contributed by atoms with Crippen LogP contribution in [0.1, 0.15) is 19.3 Å². The van der Waals surface area contributed by atoms with Crippen molar-refractivity contribution in [3.8, 4) is 6.07 Å². The summed E-state index contributed by atoms with van der Waals surface area (Å²) in [5.41, 5.74) is 0.791. The molecule has 138 valence electrons. The summed E-state index contributed by atoms with van der Waals surface area (Å²) in [6.45, 7) is 0.699. The first-order valence-electron chi connectivity index (χ1n) is 8.66. The molecule has 2 aromatic rings. The van der Waals surface area contributed by atoms with Crippen LogP contribution in [0.2, 0.25) is 0 Å². The van der Waals surface area contributed by atoms with Gasteiger partial charge in [-0.05, 0) is 25.3 Å². The van der Waals surface area contributed by atoms with Crippen molar-refractivity contribution >= 4 is 27.1 Å². The van der Waals surface area contributed by atoms with Gasteiger partial charge in [0.1, 0.15) is 17.8 Å². The fraction of sp³-hybridized carbons (Fsp3) is 0.562. The van der Waals surface area contributed by atoms with Crippen molar-refractivity contribution in [2.45, 2.75) is 31.3 Å². The number of fused-ring (bicyclic) bond motifs is 1. The molecule has 0 aromatic carbocycles. The van der Waals surface area contributed by atoms with Gasteiger partial charge in [-0.1, -0.05) is 0 Å². The first-order chi connectivity index (χ1) is 12.5. The predicted molar refractivity (Wildman–Crippen MR) is 96.5 cm³/mol. The minimum atomic E-state index is -3.52. The highest BCUT2D eigenvalue weighted by atomic mass is 32.2. The number of aromatic amines is 1. The zero-order valence-electron chi connectivity index (χ0n) is 14.5. The molecule has 9 nitrogen and oxygen atoms in total. The summed E-state index contributed by atoms with van der Waals surface area (Å²) in [6, 6.07) is 4.23. The van der Waals surface area contributed by atoms with Crippen LogP contribution in [0.25, 0.3) is 11.0 Å². The molecule has 1 saturated carbocycles. The lowest BCUT2D eigenvalue weighted by Crippen LogP contribution is -2.55. The second kappa shape index (κ2) is 6.50. The third kappa shape index (κ3) is 3.02. The lowest BCUT2D eigenvalue weighted by Gasteiger charge is -2.42. The molecule has 0 bridgehead atoms. The largest absolute Gasteiger partial charge is 0.356 e. The average Bonchev–Trinajstić information content (AvgIpc) is 3.25. The van der Waals surface area contributed by atoms with Crippen LogP contribution in [0.4, 0.5) is 5.82 Å². The first-order valence-corrected chi connectivity index (χ1v) is 10.1. The number of nitrogens with zero attached hydrogens (tertiary/aromatic N) is 5. The summed E-state index contributed by atoms with van der Waals surface area (Å²) >= 11 is 0. The lowest BCUT2D eigenvalue weighted by atomic mass is 9.86. The lowest BCUT2D eigenvalue weighted by molar-refractivity contribution is 0.309. The molecule has 26 heavy (non-hydrogen) atoms. The maximum atomic E-state index is 12.5. The molecule has 2 aromatic heterocycles. The number of nitriles is 1. The molecule has 2 N–H and O–H groups in total. The molecule has 1 atom stereocenters. The van der Waals surface area contributed by atoms with Crippen molar-refractivity contribution in [1.82, 2.24) is 24.0 Å². The maximum absolute atomic E-state index is 12.5. The van der Waals surface area contributed by atoms with E-state index in [1.807, 2.05) is 19.3 Å². The molecule has 0 radical (unpaired) electrons. The van der Waals surface area contributed by atoms with Crippen molar-refractivity contribution in [3.63, 3.8) is 0 Å². The van der Waals surface area contributed by atoms with Crippen molar-refractivity contribution in [1.29, 1.82) is 5.26 Å². The van der Waals surface area contributed by atoms with Gasteiger partial charge in [-0.3, -0.25) is 0 Å². The molecule has 0 spiro atoms. The Balaban J connectivity index is 1.37. The van der Waals surface area contributed by atoms with Crippen molar-refractivity contribution in [2.75, 3.05) is 25.0 Å². The van der Waals surface area contributed by atoms with Gasteiger partial charge in [0.2, 0.25) is 0 Å². The summed E-state index contributed by atoms with van der Waals surface area (Å²) in [7, 11) is -1.55. The average molecular weight is 375 g/mol. The van der Waals surface area contributed by atoms with E-state index in [0.717, 1.165) is 29.7 Å². The van der Waals surface area contributed by atoms with Crippen LogP contribution in [-0.2, 0) is 10.2 Å². The molecule has 2 fully saturated rings. The van der Waals surface area contributed by atoms with Crippen LogP contribution in [-0.4, -0.2) is 59.9 Å². The molecule has 1 aliphatic heterocycles. The Morgan fingerprint density at radius 2 is 2.23 bits per heavy atom. The molecule has 1 unspecified atom stereocenters. The Bertz CT molecular complexity index is 945. The second-order valence-corrected chi connectivity index (χ2v) is 8.67. The minimum absolute atomic E-state index is 0.0860. The summed E-state index contributed by atoms with van der Waals surface area (Å²) < 4.78 is 29.1. The predicted octanol–water partition coefficient (Wildman–Crippen LogP) is 0.605. The van der Waals surface area contributed by atoms with Gasteiger partial charge >= 0.3 is 0 Å². The maximum Gasteiger partial charge on any atom is 0.279 e. The number of rotatable bonds is 5. The number of hydrogen-bond acceptors (Lipinski definition) is 6. The minimum Gasteiger partial charge on any atom is -0.356 e. The number of aromatic nitrogens is 3. The molecule has 4 rings (SSSR count). The standard InChI is InChI=1S/C16H21N7O2S/c1-22(16-14-2-4-18-15(14)19-10-20-16)13-6-12(7-13)21-26(24,25)23-5-3-11(8-17)9-23/h2,4,10-13,21H,3,5-7,9H2,1H3,(H,18,19,20)/t11?,12-,13+. The van der Waals surface area contributed by atoms with E-state index in [2.05, 4.69) is 30.6 Å². The zero-order valence-corrected chi connectivity index (χ0v) is 15.3. The van der Waals surface area contributed by atoms with E-state index in [0.29, 0.717) is 13.0 Å². The van der Waals surface area contributed by atoms with E-state index in [1.165, 1.54) is 10.6 Å². The molecular formula is C16H21N7O2S. The number of H-pyrrole nitrogens is 1. The fourth-order valence-electron chi connectivity index (χ4n) is 3.65. The Labute approximate surface area is 152 Å². The van der Waals surface area contributed by atoms with Crippen molar-refractivity contribution in [3.05, 3.63) is 18.6 Å². The Hall–Kier alpha value is -2.22. The van der Waals surface area contributed by atoms with E-state index in [9.17, 15) is 8.42 Å². The number of anilines is 1. The Kier molecular flexibility index (Phi) is 4.30. The van der Waals surface area contributed by atoms with Gasteiger partial charge in [0.15, 0.2) is 0 Å². The van der Waals surface area contributed by atoms with Gasteiger partial charge in [0.05, 0.1) is 17.4 Å². The first kappa shape index (κ1) is 17.2. The van der Waals surface area contributed by atoms with Gasteiger partial charge < -0.3 is 9.88 Å². The number of nitrogens with one attached hydrogen (secondary N) is 2. The van der Waals surface area contributed by atoms with Crippen LogP contribution in [0.5, 0.6) is 0 Å². The Morgan fingerprint density at radius 3 is 2.96 bits per heavy atom. The van der Waals surface area contributed by atoms with E-state index in [-0.39, 0.29) is 24.5 Å². The molecule has 3 heterocycles. The normalized spacial score (nSPS) is 26.5. The van der Waals surface area contributed by atoms with E-state index >= 15 is 0 Å². The van der Waals surface area contributed by atoms with Gasteiger partial charge in [-0.2, -0.15) is 22.7 Å². The zero-order chi connectivity index (χ0) is 18.3. The van der Waals surface area contributed by atoms with Crippen LogP contribution in [0.3, 0.4) is 0 Å². The van der Waals surface area contributed by atoms with Gasteiger partial charge in [0, 0.05) is 38.4 Å². The summed E-state index contributed by atoms with van der Waals surface area (Å²) in [6.07, 6.45) is 5.41. The third-order valence-electron chi connectivity index (χ3n) is 5.32. The van der Waals surface area contributed by atoms with Crippen molar-refractivity contribution < 1.29 is 8.42 Å². The summed E-state index contributed by atoms with van der Waals surface area (Å²) in [4.78, 5) is 13.7. The van der Waals surface area contributed by atoms with Gasteiger partial charge in [0.25, 0.3) is 10.2 Å². The quantitative estimate of drug-likeness (QED) is 0.790. The monoisotopic (exact) mass is 375 g/mol. The van der Waals surface area contributed by atoms with Crippen LogP contribution in [0.15, 0.2) is 18.6 Å². The number of hydrogen-bond donors (Lipinski definition) is 2. The SMILES string of the molecule is CN(c1ncnc2[nH]ccc12)[C@H]1C[C@@H](NS(=O)(=O)N2CCC(C#N)C2)C1. The highest BCUT2D eigenvalue weighted by Crippen LogP contribution is 2.31. The molecule has 1 saturated heterocycles. The summed E-state index contributed by atoms with van der Waals surface area (Å²) in [5, 5.41) is 9.90. The molecule has 2 aliphatic rings. The third-order valence-corrected chi connectivity index (χ3v) is 6.96. The van der Waals surface area contributed by atoms with Crippen LogP contribution < -0.4 is 9.62 Å². The highest BCUT2D eigenvalue weighted by Gasteiger charge is 2.39. The molecular weight excluding hydrogens is 354 g/mol.